The number of amides is 1. The Morgan fingerprint density at radius 2 is 1.71 bits per heavy atom. The number of likely N-dealkylation sites (N-methyl/N-ethyl adjacent to an activating group) is 1. The molecule has 4 heteroatoms. The van der Waals surface area contributed by atoms with E-state index in [4.69, 9.17) is 0 Å². The van der Waals surface area contributed by atoms with E-state index in [-0.39, 0.29) is 11.3 Å². The predicted octanol–water partition coefficient (Wildman–Crippen LogP) is 4.52. The molecule has 0 radical (unpaired) electrons. The number of benzene rings is 2. The highest BCUT2D eigenvalue weighted by Gasteiger charge is 2.40. The van der Waals surface area contributed by atoms with E-state index in [0.717, 1.165) is 42.4 Å². The van der Waals surface area contributed by atoms with Crippen LogP contribution in [0.15, 0.2) is 48.5 Å². The highest BCUT2D eigenvalue weighted by molar-refractivity contribution is 5.69. The number of phenolic OH excluding ortho intramolecular Hbond substituents is 1. The molecule has 2 aromatic rings. The molecule has 3 rings (SSSR count). The van der Waals surface area contributed by atoms with Crippen LogP contribution in [0.1, 0.15) is 31.2 Å². The van der Waals surface area contributed by atoms with Crippen molar-refractivity contribution in [3.05, 3.63) is 54.1 Å². The Hall–Kier alpha value is -2.49. The van der Waals surface area contributed by atoms with Gasteiger partial charge in [0.1, 0.15) is 5.75 Å². The van der Waals surface area contributed by atoms with Crippen molar-refractivity contribution in [3.63, 3.8) is 0 Å². The maximum Gasteiger partial charge on any atom is 0.407 e. The van der Waals surface area contributed by atoms with Crippen LogP contribution >= 0.6 is 0 Å². The number of rotatable bonds is 4. The number of hydrogen-bond acceptors (Lipinski definition) is 2. The Balaban J connectivity index is 1.97. The standard InChI is InChI=1S/C20H23NO3/c1-21(19(23)24)20(12-4-5-13-20)14-16-6-2-3-7-18(16)15-8-10-17(22)11-9-15/h2-3,6-11,22H,4-5,12-14H2,1H3,(H,23,24). The fourth-order valence-corrected chi connectivity index (χ4v) is 3.82. The van der Waals surface area contributed by atoms with Crippen molar-refractivity contribution in [2.75, 3.05) is 7.05 Å². The van der Waals surface area contributed by atoms with E-state index >= 15 is 0 Å². The highest BCUT2D eigenvalue weighted by atomic mass is 16.4. The molecule has 4 nitrogen and oxygen atoms in total. The molecule has 24 heavy (non-hydrogen) atoms. The van der Waals surface area contributed by atoms with Crippen LogP contribution in [-0.4, -0.2) is 33.8 Å². The van der Waals surface area contributed by atoms with Crippen molar-refractivity contribution < 1.29 is 15.0 Å². The summed E-state index contributed by atoms with van der Waals surface area (Å²) in [6.07, 6.45) is 3.79. The van der Waals surface area contributed by atoms with Crippen molar-refractivity contribution in [3.8, 4) is 16.9 Å². The smallest absolute Gasteiger partial charge is 0.407 e. The van der Waals surface area contributed by atoms with E-state index in [0.29, 0.717) is 6.42 Å². The van der Waals surface area contributed by atoms with Gasteiger partial charge in [0, 0.05) is 12.6 Å². The monoisotopic (exact) mass is 325 g/mol. The molecule has 0 atom stereocenters. The molecule has 0 heterocycles. The van der Waals surface area contributed by atoms with Gasteiger partial charge in [0.25, 0.3) is 0 Å². The van der Waals surface area contributed by atoms with Crippen molar-refractivity contribution in [2.24, 2.45) is 0 Å². The van der Waals surface area contributed by atoms with Crippen LogP contribution in [0.25, 0.3) is 11.1 Å². The molecular weight excluding hydrogens is 302 g/mol. The van der Waals surface area contributed by atoms with Gasteiger partial charge in [0.15, 0.2) is 0 Å². The average molecular weight is 325 g/mol. The summed E-state index contributed by atoms with van der Waals surface area (Å²) in [6, 6.07) is 15.3. The van der Waals surface area contributed by atoms with E-state index in [1.54, 1.807) is 19.2 Å². The Morgan fingerprint density at radius 3 is 2.33 bits per heavy atom. The Labute approximate surface area is 142 Å². The first-order valence-corrected chi connectivity index (χ1v) is 8.36. The van der Waals surface area contributed by atoms with Crippen molar-refractivity contribution >= 4 is 6.09 Å². The maximum absolute atomic E-state index is 11.6. The summed E-state index contributed by atoms with van der Waals surface area (Å²) in [4.78, 5) is 13.1. The lowest BCUT2D eigenvalue weighted by Gasteiger charge is -2.37. The first kappa shape index (κ1) is 16.4. The van der Waals surface area contributed by atoms with E-state index in [2.05, 4.69) is 12.1 Å². The average Bonchev–Trinajstić information content (AvgIpc) is 3.05. The molecule has 0 saturated heterocycles. The molecule has 0 aliphatic heterocycles. The number of hydrogen-bond donors (Lipinski definition) is 2. The highest BCUT2D eigenvalue weighted by Crippen LogP contribution is 2.39. The minimum atomic E-state index is -0.862. The fourth-order valence-electron chi connectivity index (χ4n) is 3.82. The van der Waals surface area contributed by atoms with Gasteiger partial charge in [0.05, 0.1) is 0 Å². The molecule has 2 aromatic carbocycles. The number of nitrogens with zero attached hydrogens (tertiary/aromatic N) is 1. The Bertz CT molecular complexity index is 718. The molecule has 1 saturated carbocycles. The molecule has 1 amide bonds. The Morgan fingerprint density at radius 1 is 1.08 bits per heavy atom. The van der Waals surface area contributed by atoms with Crippen LogP contribution in [0, 0.1) is 0 Å². The topological polar surface area (TPSA) is 60.8 Å². The molecule has 2 N–H and O–H groups in total. The number of phenols is 1. The molecule has 1 aliphatic rings. The number of carboxylic acid groups (broad SMARTS) is 1. The second kappa shape index (κ2) is 6.56. The lowest BCUT2D eigenvalue weighted by Crippen LogP contribution is -2.48. The third kappa shape index (κ3) is 3.09. The summed E-state index contributed by atoms with van der Waals surface area (Å²) in [5.41, 5.74) is 2.97. The van der Waals surface area contributed by atoms with E-state index in [1.807, 2.05) is 24.3 Å². The molecular formula is C20H23NO3. The molecule has 0 spiro atoms. The second-order valence-electron chi connectivity index (χ2n) is 6.65. The van der Waals surface area contributed by atoms with Crippen LogP contribution in [0.3, 0.4) is 0 Å². The lowest BCUT2D eigenvalue weighted by atomic mass is 9.84. The van der Waals surface area contributed by atoms with Gasteiger partial charge in [-0.1, -0.05) is 49.2 Å². The van der Waals surface area contributed by atoms with Gasteiger partial charge in [-0.15, -0.1) is 0 Å². The van der Waals surface area contributed by atoms with Gasteiger partial charge in [-0.05, 0) is 48.1 Å². The van der Waals surface area contributed by atoms with E-state index in [1.165, 1.54) is 4.90 Å². The normalized spacial score (nSPS) is 16.0. The quantitative estimate of drug-likeness (QED) is 0.868. The first-order chi connectivity index (χ1) is 11.5. The van der Waals surface area contributed by atoms with E-state index in [9.17, 15) is 15.0 Å². The van der Waals surface area contributed by atoms with E-state index < -0.39 is 6.09 Å². The molecule has 126 valence electrons. The van der Waals surface area contributed by atoms with Crippen LogP contribution in [0.2, 0.25) is 0 Å². The van der Waals surface area contributed by atoms with Crippen LogP contribution in [0.5, 0.6) is 5.75 Å². The van der Waals surface area contributed by atoms with Gasteiger partial charge in [-0.2, -0.15) is 0 Å². The Kier molecular flexibility index (Phi) is 4.47. The third-order valence-electron chi connectivity index (χ3n) is 5.25. The van der Waals surface area contributed by atoms with Crippen molar-refractivity contribution in [1.29, 1.82) is 0 Å². The van der Waals surface area contributed by atoms with Gasteiger partial charge < -0.3 is 15.1 Å². The summed E-state index contributed by atoms with van der Waals surface area (Å²) >= 11 is 0. The van der Waals surface area contributed by atoms with Crippen LogP contribution < -0.4 is 0 Å². The summed E-state index contributed by atoms with van der Waals surface area (Å²) in [5, 5.41) is 19.0. The molecule has 0 unspecified atom stereocenters. The summed E-state index contributed by atoms with van der Waals surface area (Å²) in [7, 11) is 1.69. The minimum Gasteiger partial charge on any atom is -0.508 e. The summed E-state index contributed by atoms with van der Waals surface area (Å²) < 4.78 is 0. The fraction of sp³-hybridized carbons (Fsp3) is 0.350. The zero-order chi connectivity index (χ0) is 17.2. The second-order valence-corrected chi connectivity index (χ2v) is 6.65. The number of aromatic hydroxyl groups is 1. The summed E-state index contributed by atoms with van der Waals surface area (Å²) in [5.74, 6) is 0.245. The zero-order valence-electron chi connectivity index (χ0n) is 13.9. The van der Waals surface area contributed by atoms with Gasteiger partial charge in [-0.25, -0.2) is 4.79 Å². The lowest BCUT2D eigenvalue weighted by molar-refractivity contribution is 0.0953. The minimum absolute atomic E-state index is 0.245. The molecule has 1 fully saturated rings. The SMILES string of the molecule is CN(C(=O)O)C1(Cc2ccccc2-c2ccc(O)cc2)CCCC1. The van der Waals surface area contributed by atoms with Gasteiger partial charge in [0.2, 0.25) is 0 Å². The third-order valence-corrected chi connectivity index (χ3v) is 5.25. The van der Waals surface area contributed by atoms with Crippen molar-refractivity contribution in [1.82, 2.24) is 4.90 Å². The molecule has 1 aliphatic carbocycles. The maximum atomic E-state index is 11.6. The van der Waals surface area contributed by atoms with Crippen LogP contribution in [0.4, 0.5) is 4.79 Å². The first-order valence-electron chi connectivity index (χ1n) is 8.36. The zero-order valence-corrected chi connectivity index (χ0v) is 13.9. The van der Waals surface area contributed by atoms with Crippen LogP contribution in [-0.2, 0) is 6.42 Å². The predicted molar refractivity (Wildman–Crippen MR) is 94.2 cm³/mol. The largest absolute Gasteiger partial charge is 0.508 e. The van der Waals surface area contributed by atoms with Gasteiger partial charge in [-0.3, -0.25) is 0 Å². The number of carbonyl (C=O) groups is 1. The van der Waals surface area contributed by atoms with Crippen molar-refractivity contribution in [2.45, 2.75) is 37.6 Å². The molecule has 0 bridgehead atoms. The summed E-state index contributed by atoms with van der Waals surface area (Å²) in [6.45, 7) is 0. The van der Waals surface area contributed by atoms with Gasteiger partial charge >= 0.3 is 6.09 Å². The molecule has 0 aromatic heterocycles.